The Hall–Kier alpha value is -2.88. The molecule has 0 aliphatic heterocycles. The van der Waals surface area contributed by atoms with Gasteiger partial charge in [-0.15, -0.1) is 0 Å². The largest absolute Gasteiger partial charge is 0.368 e. The average molecular weight is 305 g/mol. The van der Waals surface area contributed by atoms with Gasteiger partial charge in [0.25, 0.3) is 0 Å². The summed E-state index contributed by atoms with van der Waals surface area (Å²) >= 11 is 0. The molecule has 4 heteroatoms. The SMILES string of the molecule is Cc1ccccc1C=N[C@H](Cc1c[nH]c2ccccc12)C(N)=O. The Balaban J connectivity index is 1.85. The van der Waals surface area contributed by atoms with Crippen LogP contribution in [0, 0.1) is 6.92 Å². The van der Waals surface area contributed by atoms with Gasteiger partial charge in [0.1, 0.15) is 6.04 Å². The van der Waals surface area contributed by atoms with Gasteiger partial charge in [-0.25, -0.2) is 0 Å². The van der Waals surface area contributed by atoms with Crippen molar-refractivity contribution in [3.8, 4) is 0 Å². The van der Waals surface area contributed by atoms with Gasteiger partial charge in [0.05, 0.1) is 0 Å². The molecule has 1 aromatic heterocycles. The van der Waals surface area contributed by atoms with Crippen molar-refractivity contribution in [1.82, 2.24) is 4.98 Å². The van der Waals surface area contributed by atoms with Crippen molar-refractivity contribution in [3.05, 3.63) is 71.4 Å². The fourth-order valence-corrected chi connectivity index (χ4v) is 2.64. The molecule has 3 rings (SSSR count). The maximum Gasteiger partial charge on any atom is 0.242 e. The van der Waals surface area contributed by atoms with Crippen LogP contribution in [0.15, 0.2) is 59.7 Å². The molecule has 3 aromatic rings. The number of para-hydroxylation sites is 1. The second kappa shape index (κ2) is 6.48. The van der Waals surface area contributed by atoms with Crippen LogP contribution in [0.4, 0.5) is 0 Å². The van der Waals surface area contributed by atoms with Crippen molar-refractivity contribution in [2.75, 3.05) is 0 Å². The summed E-state index contributed by atoms with van der Waals surface area (Å²) in [6.07, 6.45) is 4.14. The molecule has 0 aliphatic carbocycles. The number of hydrogen-bond donors (Lipinski definition) is 2. The normalized spacial score (nSPS) is 12.7. The molecule has 2 aromatic carbocycles. The van der Waals surface area contributed by atoms with Crippen LogP contribution < -0.4 is 5.73 Å². The van der Waals surface area contributed by atoms with E-state index >= 15 is 0 Å². The number of carbonyl (C=O) groups is 1. The van der Waals surface area contributed by atoms with Gasteiger partial charge in [-0.1, -0.05) is 42.5 Å². The highest BCUT2D eigenvalue weighted by molar-refractivity contribution is 5.88. The van der Waals surface area contributed by atoms with E-state index in [1.165, 1.54) is 0 Å². The molecule has 0 radical (unpaired) electrons. The number of nitrogens with one attached hydrogen (secondary N) is 1. The smallest absolute Gasteiger partial charge is 0.242 e. The molecule has 0 fully saturated rings. The predicted molar refractivity (Wildman–Crippen MR) is 93.8 cm³/mol. The molecule has 0 aliphatic rings. The van der Waals surface area contributed by atoms with Gasteiger partial charge >= 0.3 is 0 Å². The van der Waals surface area contributed by atoms with Crippen molar-refractivity contribution in [1.29, 1.82) is 0 Å². The van der Waals surface area contributed by atoms with Crippen molar-refractivity contribution in [2.45, 2.75) is 19.4 Å². The molecule has 23 heavy (non-hydrogen) atoms. The number of aryl methyl sites for hydroxylation is 1. The fourth-order valence-electron chi connectivity index (χ4n) is 2.64. The number of aromatic nitrogens is 1. The first-order chi connectivity index (χ1) is 11.1. The van der Waals surface area contributed by atoms with E-state index in [4.69, 9.17) is 5.73 Å². The van der Waals surface area contributed by atoms with E-state index in [-0.39, 0.29) is 0 Å². The summed E-state index contributed by atoms with van der Waals surface area (Å²) in [7, 11) is 0. The highest BCUT2D eigenvalue weighted by Gasteiger charge is 2.16. The summed E-state index contributed by atoms with van der Waals surface area (Å²) in [5, 5.41) is 1.10. The first-order valence-corrected chi connectivity index (χ1v) is 7.58. The number of aliphatic imine (C=N–C) groups is 1. The molecular weight excluding hydrogens is 286 g/mol. The highest BCUT2D eigenvalue weighted by atomic mass is 16.1. The fraction of sp³-hybridized carbons (Fsp3) is 0.158. The molecule has 0 saturated heterocycles. The zero-order valence-electron chi connectivity index (χ0n) is 13.0. The standard InChI is InChI=1S/C19H19N3O/c1-13-6-2-3-7-14(13)11-22-18(19(20)23)10-15-12-21-17-9-5-4-8-16(15)17/h2-9,11-12,18,21H,10H2,1H3,(H2,20,23)/t18-/m1/s1. The molecule has 1 atom stereocenters. The molecule has 0 spiro atoms. The third kappa shape index (κ3) is 3.31. The molecule has 1 amide bonds. The molecule has 116 valence electrons. The van der Waals surface area contributed by atoms with Gasteiger partial charge < -0.3 is 10.7 Å². The molecule has 3 N–H and O–H groups in total. The Labute approximate surface area is 135 Å². The molecule has 0 bridgehead atoms. The van der Waals surface area contributed by atoms with Crippen LogP contribution in [0.2, 0.25) is 0 Å². The van der Waals surface area contributed by atoms with E-state index in [2.05, 4.69) is 9.98 Å². The van der Waals surface area contributed by atoms with Gasteiger partial charge in [-0.2, -0.15) is 0 Å². The van der Waals surface area contributed by atoms with Crippen LogP contribution in [0.1, 0.15) is 16.7 Å². The van der Waals surface area contributed by atoms with Crippen LogP contribution in [0.5, 0.6) is 0 Å². The number of nitrogens with two attached hydrogens (primary N) is 1. The minimum absolute atomic E-state index is 0.417. The van der Waals surface area contributed by atoms with E-state index in [1.807, 2.05) is 61.7 Å². The Bertz CT molecular complexity index is 864. The van der Waals surface area contributed by atoms with Crippen molar-refractivity contribution < 1.29 is 4.79 Å². The minimum atomic E-state index is -0.575. The number of carbonyl (C=O) groups excluding carboxylic acids is 1. The number of rotatable bonds is 5. The number of nitrogens with zero attached hydrogens (tertiary/aromatic N) is 1. The first-order valence-electron chi connectivity index (χ1n) is 7.58. The lowest BCUT2D eigenvalue weighted by molar-refractivity contribution is -0.119. The van der Waals surface area contributed by atoms with Gasteiger partial charge in [-0.3, -0.25) is 9.79 Å². The van der Waals surface area contributed by atoms with Gasteiger partial charge in [0.2, 0.25) is 5.91 Å². The number of aromatic amines is 1. The summed E-state index contributed by atoms with van der Waals surface area (Å²) in [6.45, 7) is 2.01. The van der Waals surface area contributed by atoms with Crippen LogP contribution in [-0.4, -0.2) is 23.1 Å². The van der Waals surface area contributed by atoms with Crippen LogP contribution in [0.3, 0.4) is 0 Å². The van der Waals surface area contributed by atoms with Crippen molar-refractivity contribution >= 4 is 23.0 Å². The Morgan fingerprint density at radius 1 is 1.22 bits per heavy atom. The summed E-state index contributed by atoms with van der Waals surface area (Å²) in [4.78, 5) is 19.4. The first kappa shape index (κ1) is 15.0. The van der Waals surface area contributed by atoms with E-state index in [9.17, 15) is 4.79 Å². The van der Waals surface area contributed by atoms with Crippen LogP contribution in [-0.2, 0) is 11.2 Å². The number of amides is 1. The molecule has 0 unspecified atom stereocenters. The van der Waals surface area contributed by atoms with E-state index in [1.54, 1.807) is 6.21 Å². The minimum Gasteiger partial charge on any atom is -0.368 e. The maximum atomic E-state index is 11.8. The lowest BCUT2D eigenvalue weighted by atomic mass is 10.0. The molecule has 1 heterocycles. The highest BCUT2D eigenvalue weighted by Crippen LogP contribution is 2.20. The lowest BCUT2D eigenvalue weighted by Crippen LogP contribution is -2.29. The summed E-state index contributed by atoms with van der Waals surface area (Å²) in [5.41, 5.74) is 9.75. The van der Waals surface area contributed by atoms with E-state index in [0.717, 1.165) is 27.6 Å². The number of benzene rings is 2. The van der Waals surface area contributed by atoms with Gasteiger partial charge in [-0.05, 0) is 29.7 Å². The topological polar surface area (TPSA) is 71.2 Å². The quantitative estimate of drug-likeness (QED) is 0.699. The zero-order chi connectivity index (χ0) is 16.2. The van der Waals surface area contributed by atoms with E-state index < -0.39 is 11.9 Å². The number of hydrogen-bond acceptors (Lipinski definition) is 2. The molecular formula is C19H19N3O. The maximum absolute atomic E-state index is 11.8. The number of primary amides is 1. The van der Waals surface area contributed by atoms with Crippen LogP contribution >= 0.6 is 0 Å². The van der Waals surface area contributed by atoms with E-state index in [0.29, 0.717) is 6.42 Å². The Morgan fingerprint density at radius 2 is 1.96 bits per heavy atom. The number of H-pyrrole nitrogens is 1. The van der Waals surface area contributed by atoms with Crippen LogP contribution in [0.25, 0.3) is 10.9 Å². The summed E-state index contributed by atoms with van der Waals surface area (Å²) < 4.78 is 0. The Morgan fingerprint density at radius 3 is 2.74 bits per heavy atom. The zero-order valence-corrected chi connectivity index (χ0v) is 13.0. The Kier molecular flexibility index (Phi) is 4.24. The summed E-state index contributed by atoms with van der Waals surface area (Å²) in [6, 6.07) is 15.3. The number of fused-ring (bicyclic) bond motifs is 1. The van der Waals surface area contributed by atoms with Crippen molar-refractivity contribution in [3.63, 3.8) is 0 Å². The second-order valence-electron chi connectivity index (χ2n) is 5.62. The lowest BCUT2D eigenvalue weighted by Gasteiger charge is -2.08. The molecule has 0 saturated carbocycles. The average Bonchev–Trinajstić information content (AvgIpc) is 2.95. The second-order valence-corrected chi connectivity index (χ2v) is 5.62. The third-order valence-electron chi connectivity index (χ3n) is 4.00. The van der Waals surface area contributed by atoms with Gasteiger partial charge in [0, 0.05) is 29.7 Å². The third-order valence-corrected chi connectivity index (χ3v) is 4.00. The van der Waals surface area contributed by atoms with Crippen molar-refractivity contribution in [2.24, 2.45) is 10.7 Å². The molecule has 4 nitrogen and oxygen atoms in total. The van der Waals surface area contributed by atoms with Gasteiger partial charge in [0.15, 0.2) is 0 Å². The monoisotopic (exact) mass is 305 g/mol. The summed E-state index contributed by atoms with van der Waals surface area (Å²) in [5.74, 6) is -0.417. The predicted octanol–water partition coefficient (Wildman–Crippen LogP) is 2.99.